The predicted octanol–water partition coefficient (Wildman–Crippen LogP) is 3.90. The number of hydrogen-bond donors (Lipinski definition) is 0. The van der Waals surface area contributed by atoms with Crippen LogP contribution in [0.25, 0.3) is 0 Å². The quantitative estimate of drug-likeness (QED) is 0.217. The highest BCUT2D eigenvalue weighted by Crippen LogP contribution is 2.47. The number of ether oxygens (including phenoxy) is 3. The summed E-state index contributed by atoms with van der Waals surface area (Å²) in [5, 5.41) is 0. The van der Waals surface area contributed by atoms with Gasteiger partial charge in [-0.3, -0.25) is 4.79 Å². The molecule has 0 saturated heterocycles. The average molecular weight is 450 g/mol. The molecule has 0 amide bonds. The molecule has 1 atom stereocenters. The Morgan fingerprint density at radius 2 is 1.37 bits per heavy atom. The molecule has 0 heterocycles. The maximum Gasteiger partial charge on any atom is 0.411 e. The van der Waals surface area contributed by atoms with Gasteiger partial charge in [-0.05, 0) is 32.1 Å². The molecule has 0 N–H and O–H groups in total. The molecule has 30 heavy (non-hydrogen) atoms. The maximum atomic E-state index is 13.8. The minimum absolute atomic E-state index is 0.140. The average Bonchev–Trinajstić information content (AvgIpc) is 2.70. The van der Waals surface area contributed by atoms with Crippen molar-refractivity contribution in [2.75, 3.05) is 13.2 Å². The van der Waals surface area contributed by atoms with E-state index in [2.05, 4.69) is 14.2 Å². The summed E-state index contributed by atoms with van der Waals surface area (Å²) in [4.78, 5) is 34.2. The van der Waals surface area contributed by atoms with Crippen molar-refractivity contribution in [2.45, 2.75) is 76.2 Å². The highest BCUT2D eigenvalue weighted by atomic mass is 19.3. The first-order valence-corrected chi connectivity index (χ1v) is 9.47. The van der Waals surface area contributed by atoms with Crippen LogP contribution in [0.2, 0.25) is 0 Å². The second kappa shape index (κ2) is 10.3. The van der Waals surface area contributed by atoms with Crippen molar-refractivity contribution in [3.8, 4) is 0 Å². The molecule has 0 aromatic rings. The minimum atomic E-state index is -6.41. The zero-order chi connectivity index (χ0) is 23.2. The molecule has 1 saturated carbocycles. The Bertz CT molecular complexity index is 618. The minimum Gasteiger partial charge on any atom is -0.462 e. The van der Waals surface area contributed by atoms with Crippen LogP contribution in [0.15, 0.2) is 0 Å². The Morgan fingerprint density at radius 1 is 0.867 bits per heavy atom. The summed E-state index contributed by atoms with van der Waals surface area (Å²) in [5.41, 5.74) is 0. The van der Waals surface area contributed by atoms with Gasteiger partial charge in [-0.2, -0.15) is 26.3 Å². The van der Waals surface area contributed by atoms with Gasteiger partial charge < -0.3 is 14.2 Å². The third-order valence-corrected chi connectivity index (χ3v) is 4.70. The fourth-order valence-electron chi connectivity index (χ4n) is 2.54. The van der Waals surface area contributed by atoms with Gasteiger partial charge in [-0.1, -0.05) is 20.3 Å². The van der Waals surface area contributed by atoms with Crippen LogP contribution >= 0.6 is 0 Å². The molecule has 1 unspecified atom stereocenters. The van der Waals surface area contributed by atoms with Crippen LogP contribution in [0.5, 0.6) is 0 Å². The first-order chi connectivity index (χ1) is 13.8. The lowest BCUT2D eigenvalue weighted by Crippen LogP contribution is -2.62. The Labute approximate surface area is 169 Å². The molecule has 1 fully saturated rings. The number of halogens is 6. The van der Waals surface area contributed by atoms with Crippen LogP contribution in [0, 0.1) is 5.92 Å². The van der Waals surface area contributed by atoms with Crippen molar-refractivity contribution in [1.29, 1.82) is 0 Å². The van der Waals surface area contributed by atoms with Crippen molar-refractivity contribution >= 4 is 17.9 Å². The molecule has 1 aliphatic rings. The van der Waals surface area contributed by atoms with Crippen LogP contribution < -0.4 is 0 Å². The van der Waals surface area contributed by atoms with E-state index in [0.29, 0.717) is 19.3 Å². The number of esters is 3. The van der Waals surface area contributed by atoms with Crippen molar-refractivity contribution in [3.05, 3.63) is 0 Å². The highest BCUT2D eigenvalue weighted by Gasteiger charge is 2.79. The molecule has 0 bridgehead atoms. The van der Waals surface area contributed by atoms with E-state index in [4.69, 9.17) is 0 Å². The molecule has 1 aliphatic carbocycles. The summed E-state index contributed by atoms with van der Waals surface area (Å²) in [5.74, 6) is -25.5. The molecule has 0 radical (unpaired) electrons. The van der Waals surface area contributed by atoms with Gasteiger partial charge in [0.2, 0.25) is 0 Å². The zero-order valence-corrected chi connectivity index (χ0v) is 16.5. The van der Waals surface area contributed by atoms with E-state index in [0.717, 1.165) is 6.42 Å². The fraction of sp³-hybridized carbons (Fsp3) is 0.833. The number of carbonyl (C=O) groups excluding carboxylic acids is 3. The Morgan fingerprint density at radius 3 is 1.90 bits per heavy atom. The van der Waals surface area contributed by atoms with E-state index in [1.165, 1.54) is 6.92 Å². The third kappa shape index (κ3) is 5.78. The topological polar surface area (TPSA) is 78.9 Å². The van der Waals surface area contributed by atoms with E-state index < -0.39 is 60.9 Å². The van der Waals surface area contributed by atoms with Crippen molar-refractivity contribution in [1.82, 2.24) is 0 Å². The van der Waals surface area contributed by atoms with E-state index in [1.807, 2.05) is 0 Å². The smallest absolute Gasteiger partial charge is 0.411 e. The van der Waals surface area contributed by atoms with Crippen LogP contribution in [-0.4, -0.2) is 55.0 Å². The maximum absolute atomic E-state index is 13.8. The number of alkyl halides is 6. The summed E-state index contributed by atoms with van der Waals surface area (Å²) >= 11 is 0. The van der Waals surface area contributed by atoms with Crippen LogP contribution in [-0.2, 0) is 28.6 Å². The molecule has 0 aliphatic heterocycles. The SMILES string of the molecule is CCC(C)C(=O)OCCOC(=O)C(F)(F)C(F)(F)C(F)(F)C(=O)OC1CCCCC1. The van der Waals surface area contributed by atoms with E-state index >= 15 is 0 Å². The summed E-state index contributed by atoms with van der Waals surface area (Å²) in [7, 11) is 0. The molecular formula is C18H24F6O6. The van der Waals surface area contributed by atoms with Crippen LogP contribution in [0.3, 0.4) is 0 Å². The Hall–Kier alpha value is -2.01. The Balaban J connectivity index is 2.72. The summed E-state index contributed by atoms with van der Waals surface area (Å²) in [6, 6.07) is 0. The molecule has 12 heteroatoms. The van der Waals surface area contributed by atoms with E-state index in [1.54, 1.807) is 6.92 Å². The first kappa shape index (κ1) is 26.0. The lowest BCUT2D eigenvalue weighted by atomic mass is 9.97. The predicted molar refractivity (Wildman–Crippen MR) is 89.2 cm³/mol. The van der Waals surface area contributed by atoms with Gasteiger partial charge in [0.15, 0.2) is 0 Å². The first-order valence-electron chi connectivity index (χ1n) is 9.47. The lowest BCUT2D eigenvalue weighted by molar-refractivity contribution is -0.302. The van der Waals surface area contributed by atoms with Crippen molar-refractivity contribution < 1.29 is 54.9 Å². The number of carbonyl (C=O) groups is 3. The fourth-order valence-corrected chi connectivity index (χ4v) is 2.54. The standard InChI is InChI=1S/C18H24F6O6/c1-3-11(2)13(25)28-9-10-29-14(26)16(19,20)18(23,24)17(21,22)15(27)30-12-7-5-4-6-8-12/h11-12H,3-10H2,1-2H3. The van der Waals surface area contributed by atoms with Crippen LogP contribution in [0.1, 0.15) is 52.4 Å². The van der Waals surface area contributed by atoms with Crippen molar-refractivity contribution in [3.63, 3.8) is 0 Å². The van der Waals surface area contributed by atoms with Gasteiger partial charge in [0.05, 0.1) is 5.92 Å². The largest absolute Gasteiger partial charge is 0.462 e. The van der Waals surface area contributed by atoms with E-state index in [9.17, 15) is 40.7 Å². The third-order valence-electron chi connectivity index (χ3n) is 4.70. The normalized spacial score (nSPS) is 17.2. The van der Waals surface area contributed by atoms with Crippen molar-refractivity contribution in [2.24, 2.45) is 5.92 Å². The highest BCUT2D eigenvalue weighted by molar-refractivity contribution is 5.84. The molecule has 0 spiro atoms. The Kier molecular flexibility index (Phi) is 8.97. The summed E-state index contributed by atoms with van der Waals surface area (Å²) < 4.78 is 95.6. The summed E-state index contributed by atoms with van der Waals surface area (Å²) in [6.45, 7) is 1.35. The van der Waals surface area contributed by atoms with Gasteiger partial charge in [-0.25, -0.2) is 9.59 Å². The monoisotopic (exact) mass is 450 g/mol. The van der Waals surface area contributed by atoms with E-state index in [-0.39, 0.29) is 12.8 Å². The molecular weight excluding hydrogens is 426 g/mol. The zero-order valence-electron chi connectivity index (χ0n) is 16.5. The van der Waals surface area contributed by atoms with Gasteiger partial charge >= 0.3 is 35.7 Å². The second-order valence-corrected chi connectivity index (χ2v) is 7.00. The number of rotatable bonds is 10. The molecule has 174 valence electrons. The lowest BCUT2D eigenvalue weighted by Gasteiger charge is -2.31. The van der Waals surface area contributed by atoms with Crippen LogP contribution in [0.4, 0.5) is 26.3 Å². The van der Waals surface area contributed by atoms with Gasteiger partial charge in [0.25, 0.3) is 0 Å². The molecule has 0 aromatic heterocycles. The second-order valence-electron chi connectivity index (χ2n) is 7.00. The number of hydrogen-bond acceptors (Lipinski definition) is 6. The van der Waals surface area contributed by atoms with Gasteiger partial charge in [0.1, 0.15) is 19.3 Å². The summed E-state index contributed by atoms with van der Waals surface area (Å²) in [6.07, 6.45) is 1.33. The molecule has 1 rings (SSSR count). The van der Waals surface area contributed by atoms with Gasteiger partial charge in [0, 0.05) is 0 Å². The molecule has 6 nitrogen and oxygen atoms in total. The van der Waals surface area contributed by atoms with Gasteiger partial charge in [-0.15, -0.1) is 0 Å². The molecule has 0 aromatic carbocycles.